The summed E-state index contributed by atoms with van der Waals surface area (Å²) in [6.07, 6.45) is 0.554. The molecule has 2 aromatic carbocycles. The van der Waals surface area contributed by atoms with Gasteiger partial charge in [0.1, 0.15) is 17.0 Å². The van der Waals surface area contributed by atoms with Crippen LogP contribution in [0.15, 0.2) is 42.5 Å². The van der Waals surface area contributed by atoms with Gasteiger partial charge in [-0.1, -0.05) is 12.1 Å². The molecule has 1 saturated heterocycles. The molecule has 0 saturated carbocycles. The number of carbonyl (C=O) groups is 2. The largest absolute Gasteiger partial charge is 0.508 e. The van der Waals surface area contributed by atoms with Gasteiger partial charge in [-0.05, 0) is 54.8 Å². The average molecular weight is 529 g/mol. The lowest BCUT2D eigenvalue weighted by Crippen LogP contribution is -2.53. The number of alkyl halides is 2. The van der Waals surface area contributed by atoms with Crippen molar-refractivity contribution in [3.8, 4) is 11.5 Å². The zero-order chi connectivity index (χ0) is 27.0. The molecule has 5 rings (SSSR count). The Kier molecular flexibility index (Phi) is 6.97. The summed E-state index contributed by atoms with van der Waals surface area (Å²) >= 11 is 0. The van der Waals surface area contributed by atoms with Crippen LogP contribution in [0, 0.1) is 0 Å². The molecule has 9 nitrogen and oxygen atoms in total. The standard InChI is InChI=1S/C27H30F2N4O5/c1-27-15-20-19-14-18(38-25(28)29)6-7-21(19)31-23(20)22(13-16-4-3-5-17(34)12-16)33(27)26(36)32(24(27)35)10-8-30-9-11-37-2/h3-7,12,14,22,25,30-31,34H,8-11,13,15H2,1-2H3/t22?,27-/m0/s1. The first kappa shape index (κ1) is 25.9. The second kappa shape index (κ2) is 10.2. The Morgan fingerprint density at radius 1 is 1.21 bits per heavy atom. The minimum Gasteiger partial charge on any atom is -0.508 e. The van der Waals surface area contributed by atoms with Crippen molar-refractivity contribution in [3.05, 3.63) is 59.3 Å². The average Bonchev–Trinajstić information content (AvgIpc) is 3.31. The van der Waals surface area contributed by atoms with Gasteiger partial charge in [0.25, 0.3) is 5.91 Å². The highest BCUT2D eigenvalue weighted by molar-refractivity contribution is 6.08. The van der Waals surface area contributed by atoms with Crippen molar-refractivity contribution in [2.45, 2.75) is 38.0 Å². The van der Waals surface area contributed by atoms with Gasteiger partial charge < -0.3 is 29.8 Å². The summed E-state index contributed by atoms with van der Waals surface area (Å²) in [5.74, 6) is -0.194. The number of methoxy groups -OCH3 is 1. The molecule has 1 fully saturated rings. The lowest BCUT2D eigenvalue weighted by molar-refractivity contribution is -0.133. The van der Waals surface area contributed by atoms with Crippen molar-refractivity contribution in [1.82, 2.24) is 20.1 Å². The monoisotopic (exact) mass is 528 g/mol. The van der Waals surface area contributed by atoms with Gasteiger partial charge in [-0.2, -0.15) is 8.78 Å². The molecule has 0 aliphatic carbocycles. The van der Waals surface area contributed by atoms with E-state index in [4.69, 9.17) is 4.74 Å². The van der Waals surface area contributed by atoms with Gasteiger partial charge in [0.15, 0.2) is 0 Å². The zero-order valence-electron chi connectivity index (χ0n) is 21.2. The third kappa shape index (κ3) is 4.56. The summed E-state index contributed by atoms with van der Waals surface area (Å²) in [6.45, 7) is 0.512. The fourth-order valence-electron chi connectivity index (χ4n) is 5.62. The van der Waals surface area contributed by atoms with E-state index in [1.807, 2.05) is 6.07 Å². The Morgan fingerprint density at radius 2 is 2.03 bits per heavy atom. The summed E-state index contributed by atoms with van der Waals surface area (Å²) in [6, 6.07) is 10.5. The number of ether oxygens (including phenoxy) is 2. The number of benzene rings is 2. The molecule has 11 heteroatoms. The van der Waals surface area contributed by atoms with Gasteiger partial charge in [-0.25, -0.2) is 4.79 Å². The molecule has 3 N–H and O–H groups in total. The molecule has 2 atom stereocenters. The smallest absolute Gasteiger partial charge is 0.387 e. The van der Waals surface area contributed by atoms with Crippen LogP contribution >= 0.6 is 0 Å². The van der Waals surface area contributed by atoms with E-state index in [9.17, 15) is 23.5 Å². The summed E-state index contributed by atoms with van der Waals surface area (Å²) in [4.78, 5) is 33.8. The number of imide groups is 1. The van der Waals surface area contributed by atoms with E-state index in [0.717, 1.165) is 16.8 Å². The van der Waals surface area contributed by atoms with Crippen molar-refractivity contribution >= 4 is 22.8 Å². The number of H-pyrrole nitrogens is 1. The van der Waals surface area contributed by atoms with Crippen LogP contribution in [0.3, 0.4) is 0 Å². The van der Waals surface area contributed by atoms with E-state index in [0.29, 0.717) is 37.0 Å². The fourth-order valence-corrected chi connectivity index (χ4v) is 5.62. The number of amides is 3. The number of phenolic OH excluding ortho intramolecular Hbond substituents is 1. The Hall–Kier alpha value is -3.70. The number of halogens is 2. The molecule has 1 aromatic heterocycles. The summed E-state index contributed by atoms with van der Waals surface area (Å²) in [5.41, 5.74) is 1.82. The van der Waals surface area contributed by atoms with E-state index in [-0.39, 0.29) is 36.4 Å². The highest BCUT2D eigenvalue weighted by atomic mass is 19.3. The normalized spacial score (nSPS) is 20.9. The predicted molar refractivity (Wildman–Crippen MR) is 135 cm³/mol. The Bertz CT molecular complexity index is 1360. The molecular formula is C27H30F2N4O5. The minimum absolute atomic E-state index is 0.0176. The summed E-state index contributed by atoms with van der Waals surface area (Å²) in [7, 11) is 1.60. The summed E-state index contributed by atoms with van der Waals surface area (Å²) < 4.78 is 35.5. The number of hydrogen-bond acceptors (Lipinski definition) is 6. The number of carbonyl (C=O) groups excluding carboxylic acids is 2. The van der Waals surface area contributed by atoms with Crippen molar-refractivity contribution in [2.24, 2.45) is 0 Å². The van der Waals surface area contributed by atoms with Crippen LogP contribution in [-0.2, 0) is 22.4 Å². The van der Waals surface area contributed by atoms with Crippen LogP contribution in [0.5, 0.6) is 11.5 Å². The molecule has 38 heavy (non-hydrogen) atoms. The maximum Gasteiger partial charge on any atom is 0.387 e. The van der Waals surface area contributed by atoms with Crippen LogP contribution in [0.25, 0.3) is 10.9 Å². The number of nitrogens with zero attached hydrogens (tertiary/aromatic N) is 2. The van der Waals surface area contributed by atoms with Gasteiger partial charge in [0.2, 0.25) is 0 Å². The third-order valence-electron chi connectivity index (χ3n) is 7.31. The number of fused-ring (bicyclic) bond motifs is 4. The number of hydrogen-bond donors (Lipinski definition) is 3. The molecule has 0 spiro atoms. The van der Waals surface area contributed by atoms with Gasteiger partial charge in [-0.15, -0.1) is 0 Å². The SMILES string of the molecule is COCCNCCN1C(=O)N2C(Cc3cccc(O)c3)c3[nH]c4ccc(OC(F)F)cc4c3C[C@@]2(C)C1=O. The lowest BCUT2D eigenvalue weighted by atomic mass is 9.81. The summed E-state index contributed by atoms with van der Waals surface area (Å²) in [5, 5.41) is 13.9. The molecule has 202 valence electrons. The number of phenols is 1. The third-order valence-corrected chi connectivity index (χ3v) is 7.31. The number of nitrogens with one attached hydrogen (secondary N) is 2. The van der Waals surface area contributed by atoms with E-state index >= 15 is 0 Å². The van der Waals surface area contributed by atoms with Crippen molar-refractivity contribution in [1.29, 1.82) is 0 Å². The number of urea groups is 1. The van der Waals surface area contributed by atoms with Gasteiger partial charge in [0, 0.05) is 49.8 Å². The quantitative estimate of drug-likeness (QED) is 0.274. The van der Waals surface area contributed by atoms with Crippen LogP contribution < -0.4 is 10.1 Å². The topological polar surface area (TPSA) is 107 Å². The van der Waals surface area contributed by atoms with Crippen LogP contribution in [0.4, 0.5) is 13.6 Å². The lowest BCUT2D eigenvalue weighted by Gasteiger charge is -2.42. The minimum atomic E-state index is -2.96. The first-order valence-electron chi connectivity index (χ1n) is 12.4. The maximum absolute atomic E-state index is 13.8. The van der Waals surface area contributed by atoms with Gasteiger partial charge in [0.05, 0.1) is 12.6 Å². The van der Waals surface area contributed by atoms with E-state index in [2.05, 4.69) is 15.0 Å². The second-order valence-corrected chi connectivity index (χ2v) is 9.80. The second-order valence-electron chi connectivity index (χ2n) is 9.80. The van der Waals surface area contributed by atoms with Crippen molar-refractivity contribution < 1.29 is 33.0 Å². The van der Waals surface area contributed by atoms with Gasteiger partial charge in [-0.3, -0.25) is 9.69 Å². The first-order chi connectivity index (χ1) is 18.2. The molecule has 2 aliphatic heterocycles. The molecule has 0 bridgehead atoms. The van der Waals surface area contributed by atoms with Crippen molar-refractivity contribution in [3.63, 3.8) is 0 Å². The molecule has 2 aliphatic rings. The molecule has 3 amide bonds. The number of aromatic nitrogens is 1. The highest BCUT2D eigenvalue weighted by Gasteiger charge is 2.59. The molecule has 3 aromatic rings. The van der Waals surface area contributed by atoms with Crippen LogP contribution in [0.1, 0.15) is 29.8 Å². The number of aromatic amines is 1. The number of rotatable bonds is 10. The fraction of sp³-hybridized carbons (Fsp3) is 0.407. The number of aromatic hydroxyl groups is 1. The van der Waals surface area contributed by atoms with E-state index in [1.54, 1.807) is 49.3 Å². The predicted octanol–water partition coefficient (Wildman–Crippen LogP) is 3.57. The Balaban J connectivity index is 1.55. The molecule has 1 unspecified atom stereocenters. The Labute approximate surface area is 218 Å². The van der Waals surface area contributed by atoms with E-state index < -0.39 is 18.2 Å². The molecule has 3 heterocycles. The molecule has 0 radical (unpaired) electrons. The van der Waals surface area contributed by atoms with Crippen LogP contribution in [-0.4, -0.2) is 77.3 Å². The van der Waals surface area contributed by atoms with Crippen LogP contribution in [0.2, 0.25) is 0 Å². The highest BCUT2D eigenvalue weighted by Crippen LogP contribution is 2.47. The Morgan fingerprint density at radius 3 is 2.76 bits per heavy atom. The molecular weight excluding hydrogens is 498 g/mol. The van der Waals surface area contributed by atoms with Crippen molar-refractivity contribution in [2.75, 3.05) is 33.4 Å². The zero-order valence-corrected chi connectivity index (χ0v) is 21.2. The first-order valence-corrected chi connectivity index (χ1v) is 12.4. The maximum atomic E-state index is 13.8. The van der Waals surface area contributed by atoms with E-state index in [1.165, 1.54) is 11.0 Å². The van der Waals surface area contributed by atoms with Gasteiger partial charge >= 0.3 is 12.6 Å².